The summed E-state index contributed by atoms with van der Waals surface area (Å²) < 4.78 is 41.1. The number of anilines is 1. The summed E-state index contributed by atoms with van der Waals surface area (Å²) in [5.41, 5.74) is 0.321. The van der Waals surface area contributed by atoms with Gasteiger partial charge in [0.2, 0.25) is 0 Å². The van der Waals surface area contributed by atoms with Gasteiger partial charge in [0.05, 0.1) is 12.1 Å². The zero-order chi connectivity index (χ0) is 19.6. The van der Waals surface area contributed by atoms with E-state index in [0.717, 1.165) is 12.1 Å². The summed E-state index contributed by atoms with van der Waals surface area (Å²) in [4.78, 5) is 20.0. The maximum atomic E-state index is 13.4. The molecule has 0 aliphatic rings. The minimum Gasteiger partial charge on any atom is -0.388 e. The number of amides is 1. The fraction of sp³-hybridized carbons (Fsp3) is 0.118. The van der Waals surface area contributed by atoms with Gasteiger partial charge in [-0.1, -0.05) is 11.6 Å². The molecule has 3 aromatic rings. The third-order valence-electron chi connectivity index (χ3n) is 3.67. The van der Waals surface area contributed by atoms with E-state index in [0.29, 0.717) is 0 Å². The highest BCUT2D eigenvalue weighted by atomic mass is 35.5. The Labute approximate surface area is 156 Å². The molecule has 1 amide bonds. The molecule has 0 saturated carbocycles. The topological polar surface area (TPSA) is 80.0 Å². The van der Waals surface area contributed by atoms with Gasteiger partial charge in [-0.3, -0.25) is 9.78 Å². The molecule has 0 radical (unpaired) electrons. The van der Waals surface area contributed by atoms with Crippen LogP contribution in [-0.4, -0.2) is 25.5 Å². The van der Waals surface area contributed by atoms with Gasteiger partial charge in [0.25, 0.3) is 5.91 Å². The van der Waals surface area contributed by atoms with Crippen LogP contribution in [0, 0.1) is 17.5 Å². The van der Waals surface area contributed by atoms with Crippen molar-refractivity contribution in [3.8, 4) is 0 Å². The second kappa shape index (κ2) is 7.77. The number of rotatable bonds is 5. The van der Waals surface area contributed by atoms with Crippen LogP contribution in [0.2, 0.25) is 5.15 Å². The monoisotopic (exact) mass is 396 g/mol. The van der Waals surface area contributed by atoms with Crippen LogP contribution in [0.25, 0.3) is 0 Å². The molecule has 3 rings (SSSR count). The fourth-order valence-corrected chi connectivity index (χ4v) is 2.64. The molecule has 10 heteroatoms. The van der Waals surface area contributed by atoms with Crippen LogP contribution in [0.1, 0.15) is 21.7 Å². The summed E-state index contributed by atoms with van der Waals surface area (Å²) in [5, 5.41) is 11.9. The molecular weight excluding hydrogens is 385 g/mol. The van der Waals surface area contributed by atoms with Crippen molar-refractivity contribution >= 4 is 23.3 Å². The molecular formula is C17H12ClF3N4O2. The molecule has 2 N–H and O–H groups in total. The number of aliphatic hydroxyl groups is 1. The van der Waals surface area contributed by atoms with E-state index >= 15 is 0 Å². The number of pyridine rings is 1. The zero-order valence-electron chi connectivity index (χ0n) is 13.6. The van der Waals surface area contributed by atoms with Gasteiger partial charge in [0.15, 0.2) is 28.4 Å². The predicted molar refractivity (Wildman–Crippen MR) is 90.8 cm³/mol. The number of benzene rings is 1. The van der Waals surface area contributed by atoms with Gasteiger partial charge in [-0.2, -0.15) is 0 Å². The second-order valence-corrected chi connectivity index (χ2v) is 5.84. The first-order valence-corrected chi connectivity index (χ1v) is 7.99. The van der Waals surface area contributed by atoms with Crippen molar-refractivity contribution in [1.29, 1.82) is 0 Å². The minimum atomic E-state index is -1.58. The highest BCUT2D eigenvalue weighted by molar-refractivity contribution is 6.32. The number of nitrogens with one attached hydrogen (secondary N) is 1. The molecule has 0 fully saturated rings. The van der Waals surface area contributed by atoms with Crippen LogP contribution < -0.4 is 5.32 Å². The van der Waals surface area contributed by atoms with Gasteiger partial charge in [0.1, 0.15) is 12.4 Å². The summed E-state index contributed by atoms with van der Waals surface area (Å²) in [6, 6.07) is 4.73. The van der Waals surface area contributed by atoms with Crippen LogP contribution in [0.15, 0.2) is 36.7 Å². The highest BCUT2D eigenvalue weighted by Gasteiger charge is 2.19. The standard InChI is InChI=1S/C17H12ClF3N4O2/c18-15-16(24-17(27)10-2-1-3-22-6-10)23-13(8-26)25(15)7-9-4-11(19)14(21)12(20)5-9/h1-6,26H,7-8H2,(H,24,27). The number of aromatic nitrogens is 3. The number of carbonyl (C=O) groups is 1. The van der Waals surface area contributed by atoms with Crippen LogP contribution in [0.5, 0.6) is 0 Å². The minimum absolute atomic E-state index is 0.0439. The summed E-state index contributed by atoms with van der Waals surface area (Å²) in [5.74, 6) is -4.81. The molecule has 0 spiro atoms. The van der Waals surface area contributed by atoms with E-state index in [-0.39, 0.29) is 34.5 Å². The Morgan fingerprint density at radius 3 is 2.56 bits per heavy atom. The van der Waals surface area contributed by atoms with Crippen molar-refractivity contribution in [2.75, 3.05) is 5.32 Å². The van der Waals surface area contributed by atoms with E-state index < -0.39 is 30.0 Å². The fourth-order valence-electron chi connectivity index (χ4n) is 2.40. The van der Waals surface area contributed by atoms with E-state index in [9.17, 15) is 23.1 Å². The summed E-state index contributed by atoms with van der Waals surface area (Å²) in [6.07, 6.45) is 2.85. The Hall–Kier alpha value is -2.91. The Morgan fingerprint density at radius 2 is 1.96 bits per heavy atom. The largest absolute Gasteiger partial charge is 0.388 e. The molecule has 0 unspecified atom stereocenters. The Morgan fingerprint density at radius 1 is 1.26 bits per heavy atom. The zero-order valence-corrected chi connectivity index (χ0v) is 14.3. The first-order valence-electron chi connectivity index (χ1n) is 7.61. The molecule has 0 atom stereocenters. The molecule has 1 aromatic carbocycles. The van der Waals surface area contributed by atoms with Crippen molar-refractivity contribution < 1.29 is 23.1 Å². The normalized spacial score (nSPS) is 10.9. The van der Waals surface area contributed by atoms with Gasteiger partial charge in [-0.25, -0.2) is 18.2 Å². The lowest BCUT2D eigenvalue weighted by Gasteiger charge is -2.09. The number of nitrogens with zero attached hydrogens (tertiary/aromatic N) is 3. The lowest BCUT2D eigenvalue weighted by molar-refractivity contribution is 0.102. The lowest BCUT2D eigenvalue weighted by Crippen LogP contribution is -2.12. The van der Waals surface area contributed by atoms with Gasteiger partial charge < -0.3 is 15.0 Å². The van der Waals surface area contributed by atoms with E-state index in [4.69, 9.17) is 11.6 Å². The maximum Gasteiger partial charge on any atom is 0.258 e. The first kappa shape index (κ1) is 18.9. The smallest absolute Gasteiger partial charge is 0.258 e. The molecule has 6 nitrogen and oxygen atoms in total. The number of hydrogen-bond acceptors (Lipinski definition) is 4. The van der Waals surface area contributed by atoms with Gasteiger partial charge in [-0.05, 0) is 29.8 Å². The number of imidazole rings is 1. The molecule has 2 aromatic heterocycles. The van der Waals surface area contributed by atoms with Gasteiger partial charge in [0, 0.05) is 12.4 Å². The third kappa shape index (κ3) is 3.93. The van der Waals surface area contributed by atoms with Crippen molar-refractivity contribution in [1.82, 2.24) is 14.5 Å². The van der Waals surface area contributed by atoms with Gasteiger partial charge >= 0.3 is 0 Å². The average molecular weight is 397 g/mol. The number of carbonyl (C=O) groups excluding carboxylic acids is 1. The van der Waals surface area contributed by atoms with Gasteiger partial charge in [-0.15, -0.1) is 0 Å². The molecule has 27 heavy (non-hydrogen) atoms. The third-order valence-corrected chi connectivity index (χ3v) is 4.05. The Bertz CT molecular complexity index is 972. The Kier molecular flexibility index (Phi) is 5.43. The number of hydrogen-bond donors (Lipinski definition) is 2. The lowest BCUT2D eigenvalue weighted by atomic mass is 10.2. The van der Waals surface area contributed by atoms with Crippen molar-refractivity contribution in [2.24, 2.45) is 0 Å². The predicted octanol–water partition coefficient (Wildman–Crippen LogP) is 3.14. The van der Waals surface area contributed by atoms with Crippen molar-refractivity contribution in [3.63, 3.8) is 0 Å². The van der Waals surface area contributed by atoms with Crippen LogP contribution in [0.3, 0.4) is 0 Å². The Balaban J connectivity index is 1.90. The van der Waals surface area contributed by atoms with E-state index in [1.54, 1.807) is 6.07 Å². The number of halogens is 4. The van der Waals surface area contributed by atoms with E-state index in [1.165, 1.54) is 23.0 Å². The van der Waals surface area contributed by atoms with Crippen molar-refractivity contribution in [3.05, 3.63) is 76.2 Å². The van der Waals surface area contributed by atoms with E-state index in [1.807, 2.05) is 0 Å². The first-order chi connectivity index (χ1) is 12.9. The summed E-state index contributed by atoms with van der Waals surface area (Å²) in [7, 11) is 0. The average Bonchev–Trinajstić information content (AvgIpc) is 2.95. The summed E-state index contributed by atoms with van der Waals surface area (Å²) in [6.45, 7) is -0.743. The molecule has 0 bridgehead atoms. The molecule has 2 heterocycles. The van der Waals surface area contributed by atoms with Crippen LogP contribution >= 0.6 is 11.6 Å². The molecule has 140 valence electrons. The van der Waals surface area contributed by atoms with E-state index in [2.05, 4.69) is 15.3 Å². The quantitative estimate of drug-likeness (QED) is 0.649. The second-order valence-electron chi connectivity index (χ2n) is 5.48. The highest BCUT2D eigenvalue weighted by Crippen LogP contribution is 2.26. The van der Waals surface area contributed by atoms with Crippen molar-refractivity contribution in [2.45, 2.75) is 13.2 Å². The molecule has 0 saturated heterocycles. The van der Waals surface area contributed by atoms with Crippen LogP contribution in [-0.2, 0) is 13.2 Å². The summed E-state index contributed by atoms with van der Waals surface area (Å²) >= 11 is 6.20. The SMILES string of the molecule is O=C(Nc1nc(CO)n(Cc2cc(F)c(F)c(F)c2)c1Cl)c1cccnc1. The maximum absolute atomic E-state index is 13.4. The molecule has 0 aliphatic heterocycles. The van der Waals surface area contributed by atoms with Crippen LogP contribution in [0.4, 0.5) is 19.0 Å². The number of aliphatic hydroxyl groups excluding tert-OH is 1. The molecule has 0 aliphatic carbocycles.